The molecular formula is C37H35BrN4O6. The molecule has 10 nitrogen and oxygen atoms in total. The molecule has 2 saturated heterocycles. The molecule has 2 atom stereocenters. The van der Waals surface area contributed by atoms with E-state index in [1.165, 1.54) is 0 Å². The number of methoxy groups -OCH3 is 2. The topological polar surface area (TPSA) is 102 Å². The number of aliphatic imine (C=N–C) groups is 2. The Bertz CT molecular complexity index is 1790. The molecule has 4 aliphatic heterocycles. The van der Waals surface area contributed by atoms with Crippen molar-refractivity contribution in [1.29, 1.82) is 0 Å². The Morgan fingerprint density at radius 3 is 1.54 bits per heavy atom. The van der Waals surface area contributed by atoms with Gasteiger partial charge in [-0.25, -0.2) is 0 Å². The van der Waals surface area contributed by atoms with E-state index in [0.29, 0.717) is 76.8 Å². The smallest absolute Gasteiger partial charge is 0.257 e. The van der Waals surface area contributed by atoms with Crippen LogP contribution < -0.4 is 18.9 Å². The van der Waals surface area contributed by atoms with Crippen LogP contribution >= 0.6 is 15.9 Å². The van der Waals surface area contributed by atoms with Crippen LogP contribution in [0, 0.1) is 0 Å². The minimum absolute atomic E-state index is 0.0956. The molecule has 2 amide bonds. The lowest BCUT2D eigenvalue weighted by molar-refractivity contribution is 0.0769. The van der Waals surface area contributed by atoms with Gasteiger partial charge in [-0.1, -0.05) is 52.4 Å². The van der Waals surface area contributed by atoms with Gasteiger partial charge in [-0.05, 0) is 47.7 Å². The van der Waals surface area contributed by atoms with Gasteiger partial charge in [0.25, 0.3) is 11.8 Å². The van der Waals surface area contributed by atoms with Crippen LogP contribution in [0.5, 0.6) is 23.0 Å². The summed E-state index contributed by atoms with van der Waals surface area (Å²) in [6.07, 6.45) is 5.05. The minimum Gasteiger partial charge on any atom is -0.493 e. The highest BCUT2D eigenvalue weighted by atomic mass is 79.9. The summed E-state index contributed by atoms with van der Waals surface area (Å²) in [5.74, 6) is 1.70. The van der Waals surface area contributed by atoms with Crippen molar-refractivity contribution in [2.45, 2.75) is 43.5 Å². The van der Waals surface area contributed by atoms with E-state index in [1.807, 2.05) is 18.5 Å². The maximum absolute atomic E-state index is 13.3. The number of nitrogens with zero attached hydrogens (tertiary/aromatic N) is 4. The van der Waals surface area contributed by atoms with Crippen LogP contribution in [-0.4, -0.2) is 73.4 Å². The number of carbonyl (C=O) groups is 2. The van der Waals surface area contributed by atoms with E-state index >= 15 is 0 Å². The first kappa shape index (κ1) is 31.7. The number of hydrogen-bond acceptors (Lipinski definition) is 8. The predicted molar refractivity (Wildman–Crippen MR) is 187 cm³/mol. The molecule has 11 heteroatoms. The van der Waals surface area contributed by atoms with E-state index in [9.17, 15) is 9.59 Å². The number of rotatable bonds is 9. The number of halogens is 1. The average molecular weight is 712 g/mol. The molecule has 0 aliphatic carbocycles. The second kappa shape index (κ2) is 13.0. The van der Waals surface area contributed by atoms with Gasteiger partial charge >= 0.3 is 0 Å². The zero-order valence-corrected chi connectivity index (χ0v) is 28.4. The Balaban J connectivity index is 1.09. The van der Waals surface area contributed by atoms with Crippen molar-refractivity contribution < 1.29 is 28.5 Å². The Morgan fingerprint density at radius 1 is 0.688 bits per heavy atom. The molecule has 0 unspecified atom stereocenters. The summed E-state index contributed by atoms with van der Waals surface area (Å²) in [5, 5.41) is 0.639. The van der Waals surface area contributed by atoms with Gasteiger partial charge in [0.1, 0.15) is 13.2 Å². The van der Waals surface area contributed by atoms with Gasteiger partial charge in [-0.3, -0.25) is 19.6 Å². The van der Waals surface area contributed by atoms with Gasteiger partial charge in [0.15, 0.2) is 23.0 Å². The maximum atomic E-state index is 13.3. The summed E-state index contributed by atoms with van der Waals surface area (Å²) in [5.41, 5.74) is 6.97. The summed E-state index contributed by atoms with van der Waals surface area (Å²) >= 11 is 3.58. The lowest BCUT2D eigenvalue weighted by Gasteiger charge is -2.20. The third-order valence-corrected chi connectivity index (χ3v) is 9.60. The summed E-state index contributed by atoms with van der Waals surface area (Å²) in [6.45, 7) is 9.64. The monoisotopic (exact) mass is 710 g/mol. The SMILES string of the molecule is C=C1C[C@H]2C=Nc3cc(OCc4cc(CBr)cc(COc5cc6c(cc5OC)C(=O)N5CC(=C)C[C@H]5C=N6)c4)c(OC)cc3C(=O)N2C1. The molecule has 246 valence electrons. The molecule has 4 heterocycles. The van der Waals surface area contributed by atoms with Gasteiger partial charge < -0.3 is 28.7 Å². The summed E-state index contributed by atoms with van der Waals surface area (Å²) < 4.78 is 23.8. The fourth-order valence-electron chi connectivity index (χ4n) is 6.62. The molecule has 3 aromatic carbocycles. The van der Waals surface area contributed by atoms with E-state index in [-0.39, 0.29) is 37.1 Å². The van der Waals surface area contributed by atoms with E-state index in [4.69, 9.17) is 18.9 Å². The van der Waals surface area contributed by atoms with Crippen LogP contribution in [0.1, 0.15) is 50.2 Å². The van der Waals surface area contributed by atoms with E-state index in [0.717, 1.165) is 27.8 Å². The molecule has 0 radical (unpaired) electrons. The Morgan fingerprint density at radius 2 is 1.12 bits per heavy atom. The third-order valence-electron chi connectivity index (χ3n) is 8.96. The van der Waals surface area contributed by atoms with Crippen molar-refractivity contribution in [3.05, 3.63) is 94.6 Å². The first-order chi connectivity index (χ1) is 23.2. The second-order valence-electron chi connectivity index (χ2n) is 12.4. The zero-order valence-electron chi connectivity index (χ0n) is 26.8. The first-order valence-electron chi connectivity index (χ1n) is 15.7. The molecule has 0 spiro atoms. The molecule has 48 heavy (non-hydrogen) atoms. The van der Waals surface area contributed by atoms with Gasteiger partial charge in [0, 0.05) is 43.0 Å². The van der Waals surface area contributed by atoms with Crippen molar-refractivity contribution in [1.82, 2.24) is 9.80 Å². The summed E-state index contributed by atoms with van der Waals surface area (Å²) in [6, 6.07) is 12.9. The van der Waals surface area contributed by atoms with Crippen molar-refractivity contribution in [2.75, 3.05) is 27.3 Å². The van der Waals surface area contributed by atoms with E-state index < -0.39 is 0 Å². The lowest BCUT2D eigenvalue weighted by atomic mass is 10.1. The normalized spacial score (nSPS) is 19.4. The van der Waals surface area contributed by atoms with Gasteiger partial charge in [0.2, 0.25) is 0 Å². The highest BCUT2D eigenvalue weighted by Gasteiger charge is 2.35. The Labute approximate surface area is 287 Å². The number of ether oxygens (including phenoxy) is 4. The van der Waals surface area contributed by atoms with E-state index in [2.05, 4.69) is 51.2 Å². The number of amides is 2. The molecule has 0 aromatic heterocycles. The first-order valence-corrected chi connectivity index (χ1v) is 16.8. The quantitative estimate of drug-likeness (QED) is 0.180. The fourth-order valence-corrected chi connectivity index (χ4v) is 6.94. The standard InChI is InChI=1S/C37H35BrN4O6/c1-21-5-26-15-39-30-12-34(32(45-3)10-28(30)36(43)41(26)17-21)47-19-24-7-23(14-38)8-25(9-24)20-48-35-13-31-29(11-33(35)46-4)37(44)42-18-22(2)6-27(42)16-40-31/h7-13,15-16,26-27H,1-2,5-6,14,17-20H2,3-4H3/t26-,27-/m0/s1. The fraction of sp³-hybridized carbons (Fsp3) is 0.297. The zero-order chi connectivity index (χ0) is 33.5. The van der Waals surface area contributed by atoms with Crippen LogP contribution in [0.2, 0.25) is 0 Å². The van der Waals surface area contributed by atoms with Gasteiger partial charge in [0.05, 0.1) is 48.8 Å². The van der Waals surface area contributed by atoms with Gasteiger partial charge in [-0.15, -0.1) is 0 Å². The van der Waals surface area contributed by atoms with E-state index in [1.54, 1.807) is 48.3 Å². The van der Waals surface area contributed by atoms with Crippen LogP contribution in [-0.2, 0) is 18.5 Å². The predicted octanol–water partition coefficient (Wildman–Crippen LogP) is 6.73. The number of alkyl halides is 1. The molecule has 0 N–H and O–H groups in total. The number of hydrogen-bond donors (Lipinski definition) is 0. The van der Waals surface area contributed by atoms with Crippen molar-refractivity contribution in [2.24, 2.45) is 9.98 Å². The molecular weight excluding hydrogens is 676 g/mol. The molecule has 2 fully saturated rings. The van der Waals surface area contributed by atoms with Crippen LogP contribution in [0.4, 0.5) is 11.4 Å². The lowest BCUT2D eigenvalue weighted by Crippen LogP contribution is -2.35. The van der Waals surface area contributed by atoms with Crippen LogP contribution in [0.3, 0.4) is 0 Å². The summed E-state index contributed by atoms with van der Waals surface area (Å²) in [7, 11) is 3.11. The van der Waals surface area contributed by atoms with Crippen molar-refractivity contribution in [3.63, 3.8) is 0 Å². The minimum atomic E-state index is -0.0973. The average Bonchev–Trinajstić information content (AvgIpc) is 3.60. The molecule has 4 aliphatic rings. The Kier molecular flexibility index (Phi) is 8.55. The third kappa shape index (κ3) is 5.98. The molecule has 0 bridgehead atoms. The van der Waals surface area contributed by atoms with Crippen molar-refractivity contribution in [3.8, 4) is 23.0 Å². The highest BCUT2D eigenvalue weighted by molar-refractivity contribution is 9.08. The van der Waals surface area contributed by atoms with Crippen LogP contribution in [0.15, 0.2) is 76.8 Å². The summed E-state index contributed by atoms with van der Waals surface area (Å²) in [4.78, 5) is 39.6. The molecule has 7 rings (SSSR count). The Hall–Kier alpha value is -4.90. The second-order valence-corrected chi connectivity index (χ2v) is 12.9. The van der Waals surface area contributed by atoms with Crippen molar-refractivity contribution >= 4 is 51.5 Å². The van der Waals surface area contributed by atoms with Gasteiger partial charge in [-0.2, -0.15) is 0 Å². The molecule has 3 aromatic rings. The number of carbonyl (C=O) groups excluding carboxylic acids is 2. The molecule has 0 saturated carbocycles. The highest BCUT2D eigenvalue weighted by Crippen LogP contribution is 2.40. The maximum Gasteiger partial charge on any atom is 0.257 e. The van der Waals surface area contributed by atoms with Crippen LogP contribution in [0.25, 0.3) is 0 Å². The number of benzene rings is 3. The number of fused-ring (bicyclic) bond motifs is 4. The largest absolute Gasteiger partial charge is 0.493 e.